The highest BCUT2D eigenvalue weighted by Crippen LogP contribution is 2.26. The first kappa shape index (κ1) is 15.9. The van der Waals surface area contributed by atoms with E-state index in [0.29, 0.717) is 0 Å². The van der Waals surface area contributed by atoms with Crippen LogP contribution in [0.3, 0.4) is 0 Å². The SMILES string of the molecule is CCOC(=O)C(=[N+]=[N-])/C(=C\C(=O)OC)C(F)(F)F. The Bertz CT molecular complexity index is 422. The lowest BCUT2D eigenvalue weighted by molar-refractivity contribution is -0.142. The van der Waals surface area contributed by atoms with Crippen molar-refractivity contribution in [2.45, 2.75) is 13.1 Å². The average molecular weight is 266 g/mol. The third-order valence-electron chi connectivity index (χ3n) is 1.59. The Balaban J connectivity index is 5.59. The summed E-state index contributed by atoms with van der Waals surface area (Å²) in [5, 5.41) is 0. The molecule has 0 N–H and O–H groups in total. The van der Waals surface area contributed by atoms with E-state index in [1.807, 2.05) is 0 Å². The Kier molecular flexibility index (Phi) is 5.77. The quantitative estimate of drug-likeness (QED) is 0.248. The zero-order valence-electron chi connectivity index (χ0n) is 9.45. The molecule has 0 aliphatic carbocycles. The molecule has 0 aliphatic heterocycles. The summed E-state index contributed by atoms with van der Waals surface area (Å²) in [4.78, 5) is 24.1. The number of nitrogens with zero attached hydrogens (tertiary/aromatic N) is 2. The molecule has 9 heteroatoms. The topological polar surface area (TPSA) is 89.0 Å². The molecule has 100 valence electrons. The van der Waals surface area contributed by atoms with E-state index < -0.39 is 29.4 Å². The minimum Gasteiger partial charge on any atom is -0.466 e. The van der Waals surface area contributed by atoms with Gasteiger partial charge in [0.05, 0.1) is 13.7 Å². The van der Waals surface area contributed by atoms with Crippen LogP contribution in [-0.4, -0.2) is 42.3 Å². The predicted octanol–water partition coefficient (Wildman–Crippen LogP) is 0.882. The van der Waals surface area contributed by atoms with Crippen molar-refractivity contribution in [3.8, 4) is 0 Å². The molecule has 0 amide bonds. The number of ether oxygens (including phenoxy) is 2. The van der Waals surface area contributed by atoms with Crippen LogP contribution in [0.15, 0.2) is 11.6 Å². The Morgan fingerprint density at radius 1 is 1.39 bits per heavy atom. The van der Waals surface area contributed by atoms with Gasteiger partial charge in [0, 0.05) is 6.08 Å². The summed E-state index contributed by atoms with van der Waals surface area (Å²) in [5.74, 6) is -2.86. The number of hydrogen-bond donors (Lipinski definition) is 0. The van der Waals surface area contributed by atoms with Gasteiger partial charge in [-0.2, -0.15) is 18.0 Å². The highest BCUT2D eigenvalue weighted by molar-refractivity contribution is 6.41. The summed E-state index contributed by atoms with van der Waals surface area (Å²) in [6, 6.07) is 0. The summed E-state index contributed by atoms with van der Waals surface area (Å²) < 4.78 is 46.0. The minimum absolute atomic E-state index is 0.00796. The third-order valence-corrected chi connectivity index (χ3v) is 1.59. The van der Waals surface area contributed by atoms with Crippen LogP contribution < -0.4 is 0 Å². The molecule has 0 saturated heterocycles. The zero-order chi connectivity index (χ0) is 14.3. The smallest absolute Gasteiger partial charge is 0.424 e. The lowest BCUT2D eigenvalue weighted by atomic mass is 10.1. The van der Waals surface area contributed by atoms with Crippen LogP contribution in [0.5, 0.6) is 0 Å². The fourth-order valence-electron chi connectivity index (χ4n) is 0.865. The Hall–Kier alpha value is -2.15. The molecule has 0 aromatic carbocycles. The second kappa shape index (κ2) is 6.55. The third kappa shape index (κ3) is 4.38. The molecule has 0 spiro atoms. The average Bonchev–Trinajstić information content (AvgIpc) is 2.27. The van der Waals surface area contributed by atoms with Gasteiger partial charge in [0.1, 0.15) is 0 Å². The van der Waals surface area contributed by atoms with E-state index in [1.165, 1.54) is 6.92 Å². The minimum atomic E-state index is -5.08. The zero-order valence-corrected chi connectivity index (χ0v) is 9.45. The Morgan fingerprint density at radius 2 is 1.94 bits per heavy atom. The van der Waals surface area contributed by atoms with Gasteiger partial charge in [0.2, 0.25) is 0 Å². The van der Waals surface area contributed by atoms with Crippen molar-refractivity contribution < 1.29 is 37.0 Å². The number of halogens is 3. The number of methoxy groups -OCH3 is 1. The molecule has 0 aromatic heterocycles. The molecule has 0 aliphatic rings. The maximum absolute atomic E-state index is 12.6. The van der Waals surface area contributed by atoms with E-state index in [2.05, 4.69) is 14.3 Å². The van der Waals surface area contributed by atoms with E-state index in [4.69, 9.17) is 5.53 Å². The van der Waals surface area contributed by atoms with Crippen LogP contribution in [0.25, 0.3) is 5.53 Å². The van der Waals surface area contributed by atoms with Crippen molar-refractivity contribution in [1.82, 2.24) is 0 Å². The van der Waals surface area contributed by atoms with Gasteiger partial charge in [-0.3, -0.25) is 0 Å². The van der Waals surface area contributed by atoms with E-state index in [0.717, 1.165) is 7.11 Å². The maximum atomic E-state index is 12.6. The molecule has 0 atom stereocenters. The standard InChI is InChI=1S/C9H9F3N2O4/c1-3-18-8(16)7(14-13)5(9(10,11)12)4-6(15)17-2/h4H,3H2,1-2H3/b5-4+. The fourth-order valence-corrected chi connectivity index (χ4v) is 0.865. The normalized spacial score (nSPS) is 11.5. The van der Waals surface area contributed by atoms with Crippen LogP contribution in [-0.2, 0) is 19.1 Å². The molecular formula is C9H9F3N2O4. The van der Waals surface area contributed by atoms with Gasteiger partial charge in [0.25, 0.3) is 0 Å². The predicted molar refractivity (Wildman–Crippen MR) is 51.4 cm³/mol. The van der Waals surface area contributed by atoms with E-state index >= 15 is 0 Å². The number of esters is 2. The summed E-state index contributed by atoms with van der Waals surface area (Å²) in [6.07, 6.45) is -5.09. The highest BCUT2D eigenvalue weighted by atomic mass is 19.4. The molecule has 0 bridgehead atoms. The van der Waals surface area contributed by atoms with Crippen molar-refractivity contribution in [3.63, 3.8) is 0 Å². The number of alkyl halides is 3. The van der Waals surface area contributed by atoms with Crippen molar-refractivity contribution in [3.05, 3.63) is 17.2 Å². The molecule has 0 radical (unpaired) electrons. The fraction of sp³-hybridized carbons (Fsp3) is 0.444. The summed E-state index contributed by atoms with van der Waals surface area (Å²) >= 11 is 0. The summed E-state index contributed by atoms with van der Waals surface area (Å²) in [5.41, 5.74) is 5.26. The number of carbonyl (C=O) groups is 2. The molecule has 0 rings (SSSR count). The van der Waals surface area contributed by atoms with E-state index in [9.17, 15) is 22.8 Å². The number of carbonyl (C=O) groups excluding carboxylic acids is 2. The Morgan fingerprint density at radius 3 is 2.28 bits per heavy atom. The van der Waals surface area contributed by atoms with Gasteiger partial charge >= 0.3 is 23.8 Å². The van der Waals surface area contributed by atoms with Crippen molar-refractivity contribution >= 4 is 17.7 Å². The van der Waals surface area contributed by atoms with Gasteiger partial charge in [-0.25, -0.2) is 9.59 Å². The van der Waals surface area contributed by atoms with E-state index in [1.54, 1.807) is 0 Å². The Labute approximate surface area is 99.6 Å². The highest BCUT2D eigenvalue weighted by Gasteiger charge is 2.46. The van der Waals surface area contributed by atoms with Crippen molar-refractivity contribution in [2.75, 3.05) is 13.7 Å². The van der Waals surface area contributed by atoms with Gasteiger partial charge < -0.3 is 15.0 Å². The molecule has 0 saturated carbocycles. The second-order valence-electron chi connectivity index (χ2n) is 2.75. The molecule has 0 fully saturated rings. The first-order valence-electron chi connectivity index (χ1n) is 4.54. The molecule has 0 heterocycles. The molecular weight excluding hydrogens is 257 g/mol. The number of hydrogen-bond acceptors (Lipinski definition) is 4. The second-order valence-corrected chi connectivity index (χ2v) is 2.75. The van der Waals surface area contributed by atoms with E-state index in [-0.39, 0.29) is 12.7 Å². The summed E-state index contributed by atoms with van der Waals surface area (Å²) in [6.45, 7) is 1.13. The van der Waals surface area contributed by atoms with Gasteiger partial charge in [-0.1, -0.05) is 0 Å². The molecule has 18 heavy (non-hydrogen) atoms. The number of rotatable bonds is 4. The van der Waals surface area contributed by atoms with Gasteiger partial charge in [-0.15, -0.1) is 0 Å². The molecule has 0 aromatic rings. The van der Waals surface area contributed by atoms with Crippen LogP contribution in [0, 0.1) is 0 Å². The van der Waals surface area contributed by atoms with Gasteiger partial charge in [-0.05, 0) is 6.92 Å². The molecule has 6 nitrogen and oxygen atoms in total. The lowest BCUT2D eigenvalue weighted by Crippen LogP contribution is -2.30. The van der Waals surface area contributed by atoms with Crippen LogP contribution >= 0.6 is 0 Å². The first-order valence-corrected chi connectivity index (χ1v) is 4.54. The largest absolute Gasteiger partial charge is 0.466 e. The maximum Gasteiger partial charge on any atom is 0.424 e. The lowest BCUT2D eigenvalue weighted by Gasteiger charge is -2.06. The van der Waals surface area contributed by atoms with Gasteiger partial charge in [0.15, 0.2) is 5.57 Å². The summed E-state index contributed by atoms with van der Waals surface area (Å²) in [7, 11) is 0.854. The van der Waals surface area contributed by atoms with Crippen LogP contribution in [0.1, 0.15) is 6.92 Å². The van der Waals surface area contributed by atoms with Crippen molar-refractivity contribution in [2.24, 2.45) is 0 Å². The van der Waals surface area contributed by atoms with Crippen LogP contribution in [0.2, 0.25) is 0 Å². The van der Waals surface area contributed by atoms with Crippen molar-refractivity contribution in [1.29, 1.82) is 0 Å². The van der Waals surface area contributed by atoms with Crippen LogP contribution in [0.4, 0.5) is 13.2 Å². The first-order chi connectivity index (χ1) is 8.27. The monoisotopic (exact) mass is 266 g/mol. The molecule has 0 unspecified atom stereocenters.